The van der Waals surface area contributed by atoms with E-state index in [1.54, 1.807) is 0 Å². The first kappa shape index (κ1) is 31.2. The molecule has 0 radical (unpaired) electrons. The number of fused-ring (bicyclic) bond motifs is 7. The Labute approximate surface area is 307 Å². The minimum absolute atomic E-state index is 0.0152. The Hall–Kier alpha value is -6.60. The number of furan rings is 1. The van der Waals surface area contributed by atoms with Gasteiger partial charge in [-0.15, -0.1) is 0 Å². The quantitative estimate of drug-likeness (QED) is 0.179. The lowest BCUT2D eigenvalue weighted by molar-refractivity contribution is 0.464. The third kappa shape index (κ3) is 5.19. The fraction of sp³-hybridized carbons (Fsp3) is 0.130. The Kier molecular flexibility index (Phi) is 6.89. The Morgan fingerprint density at radius 2 is 1.40 bits per heavy atom. The molecule has 53 heavy (non-hydrogen) atoms. The van der Waals surface area contributed by atoms with Crippen molar-refractivity contribution in [2.75, 3.05) is 23.5 Å². The Morgan fingerprint density at radius 3 is 2.26 bits per heavy atom. The van der Waals surface area contributed by atoms with Gasteiger partial charge < -0.3 is 19.0 Å². The van der Waals surface area contributed by atoms with Crippen LogP contribution in [0, 0.1) is 0 Å². The standard InChI is InChI=1S/C46H37N5O2/c1-46(2,3)30-21-22-47-44(24-30)51-38-13-7-5-11-33(38)34-20-18-32(27-41(34)51)52-45-26-31(50-28-49(4)39-14-8-9-15-40(39)50)25-37(48-45)29-17-19-36-35-12-6-10-16-42(35)53-43(36)23-29/h5-27H,28H2,1-4H3. The average molecular weight is 692 g/mol. The van der Waals surface area contributed by atoms with Crippen LogP contribution in [0.5, 0.6) is 11.6 Å². The highest BCUT2D eigenvalue weighted by atomic mass is 16.5. The first-order valence-electron chi connectivity index (χ1n) is 18.0. The molecule has 10 rings (SSSR count). The zero-order valence-electron chi connectivity index (χ0n) is 30.0. The molecule has 7 nitrogen and oxygen atoms in total. The summed E-state index contributed by atoms with van der Waals surface area (Å²) in [6, 6.07) is 46.2. The molecule has 5 aromatic carbocycles. The number of anilines is 3. The Morgan fingerprint density at radius 1 is 0.660 bits per heavy atom. The molecule has 0 bridgehead atoms. The van der Waals surface area contributed by atoms with Crippen LogP contribution < -0.4 is 14.5 Å². The summed E-state index contributed by atoms with van der Waals surface area (Å²) in [4.78, 5) is 14.6. The average Bonchev–Trinajstić information content (AvgIpc) is 3.83. The summed E-state index contributed by atoms with van der Waals surface area (Å²) < 4.78 is 15.3. The third-order valence-corrected chi connectivity index (χ3v) is 10.4. The SMILES string of the molecule is CN1CN(c2cc(Oc3ccc4c5ccccc5n(-c5cc(C(C)(C)C)ccn5)c4c3)nc(-c3ccc4c(c3)oc3ccccc34)c2)c2ccccc21. The van der Waals surface area contributed by atoms with Crippen molar-refractivity contribution >= 4 is 60.8 Å². The second kappa shape index (κ2) is 11.7. The van der Waals surface area contributed by atoms with Crippen LogP contribution in [0.3, 0.4) is 0 Å². The van der Waals surface area contributed by atoms with Crippen LogP contribution in [0.1, 0.15) is 26.3 Å². The van der Waals surface area contributed by atoms with Crippen molar-refractivity contribution in [1.29, 1.82) is 0 Å². The van der Waals surface area contributed by atoms with Crippen molar-refractivity contribution in [2.24, 2.45) is 0 Å². The number of pyridine rings is 2. The molecular weight excluding hydrogens is 655 g/mol. The molecule has 4 aromatic heterocycles. The Bertz CT molecular complexity index is 2880. The number of hydrogen-bond donors (Lipinski definition) is 0. The maximum atomic E-state index is 6.76. The van der Waals surface area contributed by atoms with Gasteiger partial charge in [-0.2, -0.15) is 0 Å². The number of benzene rings is 5. The van der Waals surface area contributed by atoms with Gasteiger partial charge in [0.25, 0.3) is 0 Å². The van der Waals surface area contributed by atoms with Crippen molar-refractivity contribution in [3.05, 3.63) is 145 Å². The van der Waals surface area contributed by atoms with E-state index in [0.717, 1.165) is 72.2 Å². The maximum Gasteiger partial charge on any atom is 0.221 e. The van der Waals surface area contributed by atoms with E-state index in [0.29, 0.717) is 18.3 Å². The van der Waals surface area contributed by atoms with Gasteiger partial charge in [0.2, 0.25) is 5.88 Å². The molecule has 0 fully saturated rings. The summed E-state index contributed by atoms with van der Waals surface area (Å²) in [5, 5.41) is 4.48. The van der Waals surface area contributed by atoms with Gasteiger partial charge in [-0.1, -0.05) is 75.4 Å². The van der Waals surface area contributed by atoms with Crippen LogP contribution in [0.2, 0.25) is 0 Å². The number of ether oxygens (including phenoxy) is 1. The lowest BCUT2D eigenvalue weighted by Gasteiger charge is -2.21. The fourth-order valence-electron chi connectivity index (χ4n) is 7.72. The van der Waals surface area contributed by atoms with E-state index in [1.807, 2.05) is 36.5 Å². The first-order valence-corrected chi connectivity index (χ1v) is 18.0. The molecule has 1 aliphatic rings. The van der Waals surface area contributed by atoms with Gasteiger partial charge in [-0.25, -0.2) is 9.97 Å². The van der Waals surface area contributed by atoms with Gasteiger partial charge in [-0.3, -0.25) is 4.57 Å². The lowest BCUT2D eigenvalue weighted by atomic mass is 9.88. The van der Waals surface area contributed by atoms with E-state index in [2.05, 4.69) is 145 Å². The lowest BCUT2D eigenvalue weighted by Crippen LogP contribution is -2.24. The third-order valence-electron chi connectivity index (χ3n) is 10.4. The van der Waals surface area contributed by atoms with Crippen molar-refractivity contribution in [1.82, 2.24) is 14.5 Å². The molecule has 0 spiro atoms. The molecular formula is C46H37N5O2. The number of aromatic nitrogens is 3. The summed E-state index contributed by atoms with van der Waals surface area (Å²) in [5.74, 6) is 2.07. The molecule has 0 N–H and O–H groups in total. The van der Waals surface area contributed by atoms with Gasteiger partial charge in [-0.05, 0) is 77.7 Å². The number of hydrogen-bond acceptors (Lipinski definition) is 6. The zero-order chi connectivity index (χ0) is 35.8. The van der Waals surface area contributed by atoms with Crippen molar-refractivity contribution < 1.29 is 9.15 Å². The molecule has 7 heteroatoms. The van der Waals surface area contributed by atoms with E-state index in [1.165, 1.54) is 11.3 Å². The number of rotatable bonds is 5. The number of para-hydroxylation sites is 4. The van der Waals surface area contributed by atoms with E-state index in [9.17, 15) is 0 Å². The second-order valence-corrected chi connectivity index (χ2v) is 14.9. The fourth-order valence-corrected chi connectivity index (χ4v) is 7.72. The molecule has 258 valence electrons. The summed E-state index contributed by atoms with van der Waals surface area (Å²) in [5.41, 5.74) is 10.1. The van der Waals surface area contributed by atoms with Gasteiger partial charge in [0.15, 0.2) is 0 Å². The molecule has 0 saturated carbocycles. The molecule has 0 unspecified atom stereocenters. The molecule has 0 amide bonds. The van der Waals surface area contributed by atoms with Crippen LogP contribution in [0.4, 0.5) is 17.1 Å². The largest absolute Gasteiger partial charge is 0.456 e. The van der Waals surface area contributed by atoms with Gasteiger partial charge in [0.1, 0.15) is 22.7 Å². The predicted molar refractivity (Wildman–Crippen MR) is 216 cm³/mol. The topological polar surface area (TPSA) is 59.6 Å². The van der Waals surface area contributed by atoms with Gasteiger partial charge >= 0.3 is 0 Å². The van der Waals surface area contributed by atoms with Crippen molar-refractivity contribution in [3.8, 4) is 28.7 Å². The predicted octanol–water partition coefficient (Wildman–Crippen LogP) is 11.8. The van der Waals surface area contributed by atoms with Crippen LogP contribution in [0.15, 0.2) is 144 Å². The molecule has 0 saturated heterocycles. The molecule has 0 atom stereocenters. The van der Waals surface area contributed by atoms with Crippen molar-refractivity contribution in [2.45, 2.75) is 26.2 Å². The minimum Gasteiger partial charge on any atom is -0.456 e. The van der Waals surface area contributed by atoms with Crippen molar-refractivity contribution in [3.63, 3.8) is 0 Å². The first-order chi connectivity index (χ1) is 25.8. The molecule has 0 aliphatic carbocycles. The molecule has 9 aromatic rings. The van der Waals surface area contributed by atoms with Crippen LogP contribution in [0.25, 0.3) is 60.8 Å². The van der Waals surface area contributed by atoms with Crippen LogP contribution in [-0.2, 0) is 5.41 Å². The highest BCUT2D eigenvalue weighted by Gasteiger charge is 2.26. The number of nitrogens with zero attached hydrogens (tertiary/aromatic N) is 5. The summed E-state index contributed by atoms with van der Waals surface area (Å²) in [6.07, 6.45) is 1.91. The van der Waals surface area contributed by atoms with Crippen LogP contribution in [-0.4, -0.2) is 28.3 Å². The van der Waals surface area contributed by atoms with E-state index in [4.69, 9.17) is 19.1 Å². The highest BCUT2D eigenvalue weighted by Crippen LogP contribution is 2.43. The van der Waals surface area contributed by atoms with E-state index >= 15 is 0 Å². The normalized spacial score (nSPS) is 13.1. The molecule has 1 aliphatic heterocycles. The summed E-state index contributed by atoms with van der Waals surface area (Å²) in [7, 11) is 2.12. The van der Waals surface area contributed by atoms with Gasteiger partial charge in [0.05, 0.1) is 40.5 Å². The second-order valence-electron chi connectivity index (χ2n) is 14.9. The maximum absolute atomic E-state index is 6.76. The smallest absolute Gasteiger partial charge is 0.221 e. The van der Waals surface area contributed by atoms with Crippen LogP contribution >= 0.6 is 0 Å². The molecule has 5 heterocycles. The summed E-state index contributed by atoms with van der Waals surface area (Å²) >= 11 is 0. The summed E-state index contributed by atoms with van der Waals surface area (Å²) in [6.45, 7) is 7.39. The van der Waals surface area contributed by atoms with E-state index in [-0.39, 0.29) is 5.41 Å². The van der Waals surface area contributed by atoms with E-state index < -0.39 is 0 Å². The minimum atomic E-state index is -0.0152. The zero-order valence-corrected chi connectivity index (χ0v) is 30.0. The Balaban J connectivity index is 1.12. The monoisotopic (exact) mass is 691 g/mol. The van der Waals surface area contributed by atoms with Gasteiger partial charge in [0, 0.05) is 52.5 Å². The highest BCUT2D eigenvalue weighted by molar-refractivity contribution is 6.09.